The molecular formula is C16H17NOS. The van der Waals surface area contributed by atoms with Crippen LogP contribution in [0.2, 0.25) is 0 Å². The van der Waals surface area contributed by atoms with Crippen molar-refractivity contribution in [1.29, 1.82) is 0 Å². The van der Waals surface area contributed by atoms with Crippen molar-refractivity contribution in [3.8, 4) is 11.8 Å². The van der Waals surface area contributed by atoms with Crippen molar-refractivity contribution >= 4 is 17.0 Å². The molecule has 2 aromatic rings. The fraction of sp³-hybridized carbons (Fsp3) is 0.250. The molecule has 0 unspecified atom stereocenters. The van der Waals surface area contributed by atoms with Gasteiger partial charge in [-0.05, 0) is 30.7 Å². The van der Waals surface area contributed by atoms with Crippen LogP contribution in [0.4, 0.5) is 5.69 Å². The zero-order valence-corrected chi connectivity index (χ0v) is 12.0. The topological polar surface area (TPSA) is 23.5 Å². The SMILES string of the molecule is Cc1cccc(N(C)Cc2cc(C#CCO)cs2)c1. The molecule has 1 heterocycles. The highest BCUT2D eigenvalue weighted by Crippen LogP contribution is 2.20. The van der Waals surface area contributed by atoms with Gasteiger partial charge in [0, 0.05) is 28.6 Å². The number of aryl methyl sites for hydroxylation is 1. The molecule has 2 rings (SSSR count). The largest absolute Gasteiger partial charge is 0.384 e. The summed E-state index contributed by atoms with van der Waals surface area (Å²) in [6, 6.07) is 10.6. The van der Waals surface area contributed by atoms with Crippen LogP contribution in [-0.4, -0.2) is 18.8 Å². The number of anilines is 1. The molecule has 0 amide bonds. The van der Waals surface area contributed by atoms with Crippen LogP contribution in [0, 0.1) is 18.8 Å². The van der Waals surface area contributed by atoms with Crippen molar-refractivity contribution in [3.63, 3.8) is 0 Å². The second kappa shape index (κ2) is 6.42. The van der Waals surface area contributed by atoms with Gasteiger partial charge in [-0.1, -0.05) is 24.0 Å². The average Bonchev–Trinajstić information content (AvgIpc) is 2.84. The molecule has 1 aromatic heterocycles. The van der Waals surface area contributed by atoms with Gasteiger partial charge in [0.2, 0.25) is 0 Å². The van der Waals surface area contributed by atoms with E-state index in [0.29, 0.717) is 0 Å². The number of thiophene rings is 1. The lowest BCUT2D eigenvalue weighted by Crippen LogP contribution is -2.15. The van der Waals surface area contributed by atoms with E-state index in [0.717, 1.165) is 12.1 Å². The first-order valence-corrected chi connectivity index (χ1v) is 7.02. The van der Waals surface area contributed by atoms with Crippen molar-refractivity contribution in [2.24, 2.45) is 0 Å². The van der Waals surface area contributed by atoms with Gasteiger partial charge in [0.25, 0.3) is 0 Å². The molecule has 1 N–H and O–H groups in total. The number of hydrogen-bond donors (Lipinski definition) is 1. The summed E-state index contributed by atoms with van der Waals surface area (Å²) >= 11 is 1.70. The standard InChI is InChI=1S/C16H17NOS/c1-13-5-3-7-15(9-13)17(2)11-16-10-14(12-19-16)6-4-8-18/h3,5,7,9-10,12,18H,8,11H2,1-2H3. The Kier molecular flexibility index (Phi) is 4.62. The normalized spacial score (nSPS) is 9.84. The Bertz CT molecular complexity index is 606. The third kappa shape index (κ3) is 3.85. The van der Waals surface area contributed by atoms with Gasteiger partial charge in [-0.3, -0.25) is 0 Å². The Balaban J connectivity index is 2.06. The van der Waals surface area contributed by atoms with Crippen molar-refractivity contribution in [3.05, 3.63) is 51.7 Å². The third-order valence-electron chi connectivity index (χ3n) is 2.80. The van der Waals surface area contributed by atoms with E-state index in [1.807, 2.05) is 5.38 Å². The lowest BCUT2D eigenvalue weighted by molar-refractivity contribution is 0.350. The average molecular weight is 271 g/mol. The fourth-order valence-corrected chi connectivity index (χ4v) is 2.73. The Labute approximate surface area is 118 Å². The molecule has 0 radical (unpaired) electrons. The maximum absolute atomic E-state index is 8.68. The summed E-state index contributed by atoms with van der Waals surface area (Å²) in [5, 5.41) is 10.7. The zero-order chi connectivity index (χ0) is 13.7. The minimum atomic E-state index is -0.0889. The molecule has 98 valence electrons. The van der Waals surface area contributed by atoms with Crippen molar-refractivity contribution in [2.45, 2.75) is 13.5 Å². The number of aliphatic hydroxyl groups excluding tert-OH is 1. The first-order valence-electron chi connectivity index (χ1n) is 6.14. The molecule has 1 aromatic carbocycles. The fourth-order valence-electron chi connectivity index (χ4n) is 1.86. The monoisotopic (exact) mass is 271 g/mol. The molecule has 0 aliphatic carbocycles. The molecule has 0 fully saturated rings. The molecule has 0 aliphatic heterocycles. The Morgan fingerprint density at radius 2 is 2.16 bits per heavy atom. The number of hydrogen-bond acceptors (Lipinski definition) is 3. The van der Waals surface area contributed by atoms with Gasteiger partial charge in [-0.2, -0.15) is 0 Å². The molecule has 0 atom stereocenters. The molecule has 19 heavy (non-hydrogen) atoms. The van der Waals surface area contributed by atoms with Gasteiger partial charge in [-0.15, -0.1) is 11.3 Å². The van der Waals surface area contributed by atoms with E-state index in [9.17, 15) is 0 Å². The Hall–Kier alpha value is -1.76. The molecule has 0 saturated heterocycles. The number of nitrogens with zero attached hydrogens (tertiary/aromatic N) is 1. The van der Waals surface area contributed by atoms with Gasteiger partial charge >= 0.3 is 0 Å². The second-order valence-electron chi connectivity index (χ2n) is 4.46. The summed E-state index contributed by atoms with van der Waals surface area (Å²) in [7, 11) is 2.09. The summed E-state index contributed by atoms with van der Waals surface area (Å²) < 4.78 is 0. The number of aliphatic hydroxyl groups is 1. The predicted molar refractivity (Wildman–Crippen MR) is 81.6 cm³/mol. The van der Waals surface area contributed by atoms with Gasteiger partial charge in [0.1, 0.15) is 6.61 Å². The van der Waals surface area contributed by atoms with Crippen LogP contribution >= 0.6 is 11.3 Å². The summed E-state index contributed by atoms with van der Waals surface area (Å²) in [6.07, 6.45) is 0. The van der Waals surface area contributed by atoms with Crippen LogP contribution in [0.3, 0.4) is 0 Å². The number of rotatable bonds is 3. The van der Waals surface area contributed by atoms with Gasteiger partial charge < -0.3 is 10.0 Å². The van der Waals surface area contributed by atoms with Crippen LogP contribution in [0.5, 0.6) is 0 Å². The molecule has 3 heteroatoms. The predicted octanol–water partition coefficient (Wildman–Crippen LogP) is 3.04. The second-order valence-corrected chi connectivity index (χ2v) is 5.45. The van der Waals surface area contributed by atoms with Crippen LogP contribution in [0.15, 0.2) is 35.7 Å². The van der Waals surface area contributed by atoms with Gasteiger partial charge in [0.05, 0.1) is 6.54 Å². The van der Waals surface area contributed by atoms with Gasteiger partial charge in [0.15, 0.2) is 0 Å². The highest BCUT2D eigenvalue weighted by atomic mass is 32.1. The van der Waals surface area contributed by atoms with Crippen LogP contribution in [0.25, 0.3) is 0 Å². The van der Waals surface area contributed by atoms with E-state index in [-0.39, 0.29) is 6.61 Å². The van der Waals surface area contributed by atoms with E-state index >= 15 is 0 Å². The molecule has 0 aliphatic rings. The first-order chi connectivity index (χ1) is 9.19. The molecule has 2 nitrogen and oxygen atoms in total. The van der Waals surface area contributed by atoms with Crippen LogP contribution < -0.4 is 4.90 Å². The molecular weight excluding hydrogens is 254 g/mol. The van der Waals surface area contributed by atoms with E-state index < -0.39 is 0 Å². The van der Waals surface area contributed by atoms with Crippen LogP contribution in [0.1, 0.15) is 16.0 Å². The minimum absolute atomic E-state index is 0.0889. The smallest absolute Gasteiger partial charge is 0.104 e. The Morgan fingerprint density at radius 1 is 1.32 bits per heavy atom. The van der Waals surface area contributed by atoms with Crippen molar-refractivity contribution in [1.82, 2.24) is 0 Å². The lowest BCUT2D eigenvalue weighted by atomic mass is 10.2. The van der Waals surface area contributed by atoms with Crippen molar-refractivity contribution in [2.75, 3.05) is 18.6 Å². The Morgan fingerprint density at radius 3 is 2.89 bits per heavy atom. The summed E-state index contributed by atoms with van der Waals surface area (Å²) in [4.78, 5) is 3.49. The quantitative estimate of drug-likeness (QED) is 0.867. The van der Waals surface area contributed by atoms with E-state index in [2.05, 4.69) is 61.0 Å². The van der Waals surface area contributed by atoms with Crippen LogP contribution in [-0.2, 0) is 6.54 Å². The zero-order valence-electron chi connectivity index (χ0n) is 11.2. The maximum Gasteiger partial charge on any atom is 0.104 e. The summed E-state index contributed by atoms with van der Waals surface area (Å²) in [5.41, 5.74) is 3.47. The summed E-state index contributed by atoms with van der Waals surface area (Å²) in [5.74, 6) is 5.60. The third-order valence-corrected chi connectivity index (χ3v) is 3.72. The van der Waals surface area contributed by atoms with E-state index in [1.54, 1.807) is 11.3 Å². The maximum atomic E-state index is 8.68. The molecule has 0 spiro atoms. The van der Waals surface area contributed by atoms with E-state index in [1.165, 1.54) is 16.1 Å². The van der Waals surface area contributed by atoms with Gasteiger partial charge in [-0.25, -0.2) is 0 Å². The summed E-state index contributed by atoms with van der Waals surface area (Å²) in [6.45, 7) is 2.88. The minimum Gasteiger partial charge on any atom is -0.384 e. The van der Waals surface area contributed by atoms with E-state index in [4.69, 9.17) is 5.11 Å². The van der Waals surface area contributed by atoms with Crippen molar-refractivity contribution < 1.29 is 5.11 Å². The lowest BCUT2D eigenvalue weighted by Gasteiger charge is -2.18. The highest BCUT2D eigenvalue weighted by molar-refractivity contribution is 7.10. The molecule has 0 saturated carbocycles. The number of benzene rings is 1. The molecule has 0 bridgehead atoms. The first kappa shape index (κ1) is 13.7. The highest BCUT2D eigenvalue weighted by Gasteiger charge is 2.04.